The minimum Gasteiger partial charge on any atom is -0.493 e. The molecule has 0 spiro atoms. The fourth-order valence-corrected chi connectivity index (χ4v) is 3.55. The molecule has 178 valence electrons. The summed E-state index contributed by atoms with van der Waals surface area (Å²) >= 11 is 0. The number of methoxy groups -OCH3 is 1. The third-order valence-electron chi connectivity index (χ3n) is 5.35. The van der Waals surface area contributed by atoms with E-state index >= 15 is 0 Å². The molecule has 1 aliphatic heterocycles. The standard InChI is InChI=1S/C24H28F2N2O5/c1-3-4-15-32-20-10-9-17(16-21(20)31-2)22(29)27-11-13-28(14-12-27)23(30)18-7-5-6-8-19(18)33-24(25)26/h5-10,16,24H,3-4,11-15H2,1-2H3. The maximum absolute atomic E-state index is 13.0. The zero-order valence-electron chi connectivity index (χ0n) is 18.8. The number of piperazine rings is 1. The van der Waals surface area contributed by atoms with Crippen molar-refractivity contribution in [2.75, 3.05) is 39.9 Å². The first-order valence-electron chi connectivity index (χ1n) is 10.9. The van der Waals surface area contributed by atoms with Crippen molar-refractivity contribution >= 4 is 11.8 Å². The minimum absolute atomic E-state index is 0.0703. The van der Waals surface area contributed by atoms with Gasteiger partial charge in [-0.25, -0.2) is 0 Å². The molecule has 0 saturated carbocycles. The molecule has 3 rings (SSSR count). The average molecular weight is 462 g/mol. The van der Waals surface area contributed by atoms with E-state index in [2.05, 4.69) is 11.7 Å². The summed E-state index contributed by atoms with van der Waals surface area (Å²) in [6, 6.07) is 11.0. The van der Waals surface area contributed by atoms with Crippen molar-refractivity contribution in [2.45, 2.75) is 26.4 Å². The molecule has 1 fully saturated rings. The summed E-state index contributed by atoms with van der Waals surface area (Å²) < 4.78 is 40.9. The Morgan fingerprint density at radius 1 is 0.939 bits per heavy atom. The highest BCUT2D eigenvalue weighted by molar-refractivity contribution is 5.98. The largest absolute Gasteiger partial charge is 0.493 e. The number of rotatable bonds is 9. The SMILES string of the molecule is CCCCOc1ccc(C(=O)N2CCN(C(=O)c3ccccc3OC(F)F)CC2)cc1OC. The molecule has 1 heterocycles. The number of benzene rings is 2. The van der Waals surface area contributed by atoms with E-state index in [0.29, 0.717) is 36.8 Å². The number of unbranched alkanes of at least 4 members (excludes halogenated alkanes) is 1. The highest BCUT2D eigenvalue weighted by atomic mass is 19.3. The minimum atomic E-state index is -3.02. The molecular weight excluding hydrogens is 434 g/mol. The average Bonchev–Trinajstić information content (AvgIpc) is 2.83. The molecule has 0 radical (unpaired) electrons. The first-order valence-corrected chi connectivity index (χ1v) is 10.9. The van der Waals surface area contributed by atoms with Crippen molar-refractivity contribution in [2.24, 2.45) is 0 Å². The lowest BCUT2D eigenvalue weighted by molar-refractivity contribution is -0.0503. The fourth-order valence-electron chi connectivity index (χ4n) is 3.55. The summed E-state index contributed by atoms with van der Waals surface area (Å²) in [6.45, 7) is 0.826. The van der Waals surface area contributed by atoms with Gasteiger partial charge in [-0.2, -0.15) is 8.78 Å². The van der Waals surface area contributed by atoms with Gasteiger partial charge in [-0.3, -0.25) is 9.59 Å². The number of amides is 2. The fraction of sp³-hybridized carbons (Fsp3) is 0.417. The molecule has 0 atom stereocenters. The number of hydrogen-bond acceptors (Lipinski definition) is 5. The number of para-hydroxylation sites is 1. The molecule has 1 aliphatic rings. The molecule has 0 N–H and O–H groups in total. The zero-order chi connectivity index (χ0) is 23.8. The van der Waals surface area contributed by atoms with Crippen molar-refractivity contribution in [1.82, 2.24) is 9.80 Å². The van der Waals surface area contributed by atoms with Gasteiger partial charge in [0.1, 0.15) is 5.75 Å². The molecule has 2 amide bonds. The number of hydrogen-bond donors (Lipinski definition) is 0. The Bertz CT molecular complexity index is 962. The van der Waals surface area contributed by atoms with Gasteiger partial charge in [-0.1, -0.05) is 25.5 Å². The van der Waals surface area contributed by atoms with Crippen LogP contribution < -0.4 is 14.2 Å². The van der Waals surface area contributed by atoms with Gasteiger partial charge in [-0.15, -0.1) is 0 Å². The van der Waals surface area contributed by atoms with E-state index in [0.717, 1.165) is 12.8 Å². The van der Waals surface area contributed by atoms with Gasteiger partial charge in [0.2, 0.25) is 0 Å². The lowest BCUT2D eigenvalue weighted by atomic mass is 10.1. The van der Waals surface area contributed by atoms with Crippen LogP contribution in [-0.2, 0) is 0 Å². The number of ether oxygens (including phenoxy) is 3. The van der Waals surface area contributed by atoms with Crippen LogP contribution in [-0.4, -0.2) is 68.1 Å². The van der Waals surface area contributed by atoms with E-state index in [-0.39, 0.29) is 30.3 Å². The van der Waals surface area contributed by atoms with Crippen LogP contribution in [0.15, 0.2) is 42.5 Å². The Morgan fingerprint density at radius 2 is 1.61 bits per heavy atom. The number of nitrogens with zero attached hydrogens (tertiary/aromatic N) is 2. The van der Waals surface area contributed by atoms with Crippen molar-refractivity contribution < 1.29 is 32.6 Å². The molecule has 0 aliphatic carbocycles. The molecule has 2 aromatic carbocycles. The lowest BCUT2D eigenvalue weighted by Gasteiger charge is -2.35. The second kappa shape index (κ2) is 11.5. The Labute approximate surface area is 191 Å². The molecule has 2 aromatic rings. The van der Waals surface area contributed by atoms with Gasteiger partial charge in [0.15, 0.2) is 11.5 Å². The number of alkyl halides is 2. The van der Waals surface area contributed by atoms with Gasteiger partial charge in [0.25, 0.3) is 11.8 Å². The van der Waals surface area contributed by atoms with Crippen LogP contribution in [0, 0.1) is 0 Å². The molecule has 9 heteroatoms. The first-order chi connectivity index (χ1) is 15.9. The summed E-state index contributed by atoms with van der Waals surface area (Å²) in [4.78, 5) is 29.0. The van der Waals surface area contributed by atoms with Crippen molar-refractivity contribution in [3.05, 3.63) is 53.6 Å². The summed E-state index contributed by atoms with van der Waals surface area (Å²) in [7, 11) is 1.52. The van der Waals surface area contributed by atoms with Crippen LogP contribution >= 0.6 is 0 Å². The van der Waals surface area contributed by atoms with Crippen molar-refractivity contribution in [1.29, 1.82) is 0 Å². The molecule has 0 bridgehead atoms. The number of carbonyl (C=O) groups is 2. The summed E-state index contributed by atoms with van der Waals surface area (Å²) in [5.41, 5.74) is 0.533. The maximum atomic E-state index is 13.0. The Balaban J connectivity index is 1.63. The molecule has 7 nitrogen and oxygen atoms in total. The van der Waals surface area contributed by atoms with E-state index in [1.807, 2.05) is 0 Å². The third-order valence-corrected chi connectivity index (χ3v) is 5.35. The van der Waals surface area contributed by atoms with Gasteiger partial charge in [0.05, 0.1) is 19.3 Å². The van der Waals surface area contributed by atoms with Crippen molar-refractivity contribution in [3.63, 3.8) is 0 Å². The van der Waals surface area contributed by atoms with E-state index in [1.165, 1.54) is 30.2 Å². The van der Waals surface area contributed by atoms with Crippen LogP contribution in [0.1, 0.15) is 40.5 Å². The predicted octanol–water partition coefficient (Wildman–Crippen LogP) is 4.07. The summed E-state index contributed by atoms with van der Waals surface area (Å²) in [6.07, 6.45) is 1.93. The van der Waals surface area contributed by atoms with Crippen LogP contribution in [0.2, 0.25) is 0 Å². The van der Waals surface area contributed by atoms with E-state index < -0.39 is 12.5 Å². The van der Waals surface area contributed by atoms with E-state index in [9.17, 15) is 18.4 Å². The van der Waals surface area contributed by atoms with Gasteiger partial charge >= 0.3 is 6.61 Å². The van der Waals surface area contributed by atoms with Gasteiger partial charge in [0, 0.05) is 31.7 Å². The summed E-state index contributed by atoms with van der Waals surface area (Å²) in [5.74, 6) is 0.323. The quantitative estimate of drug-likeness (QED) is 0.526. The van der Waals surface area contributed by atoms with Crippen LogP contribution in [0.4, 0.5) is 8.78 Å². The Morgan fingerprint density at radius 3 is 2.24 bits per heavy atom. The van der Waals surface area contributed by atoms with Crippen molar-refractivity contribution in [3.8, 4) is 17.2 Å². The van der Waals surface area contributed by atoms with Gasteiger partial charge < -0.3 is 24.0 Å². The van der Waals surface area contributed by atoms with Crippen LogP contribution in [0.25, 0.3) is 0 Å². The van der Waals surface area contributed by atoms with Crippen LogP contribution in [0.5, 0.6) is 17.2 Å². The van der Waals surface area contributed by atoms with E-state index in [4.69, 9.17) is 9.47 Å². The molecular formula is C24H28F2N2O5. The third kappa shape index (κ3) is 6.12. The molecule has 33 heavy (non-hydrogen) atoms. The highest BCUT2D eigenvalue weighted by Gasteiger charge is 2.28. The maximum Gasteiger partial charge on any atom is 0.387 e. The molecule has 0 unspecified atom stereocenters. The zero-order valence-corrected chi connectivity index (χ0v) is 18.8. The van der Waals surface area contributed by atoms with E-state index in [1.54, 1.807) is 29.2 Å². The number of halogens is 2. The smallest absolute Gasteiger partial charge is 0.387 e. The Kier molecular flexibility index (Phi) is 8.46. The Hall–Kier alpha value is -3.36. The normalized spacial score (nSPS) is 13.7. The summed E-state index contributed by atoms with van der Waals surface area (Å²) in [5, 5.41) is 0. The van der Waals surface area contributed by atoms with Gasteiger partial charge in [-0.05, 0) is 36.8 Å². The first kappa shape index (κ1) is 24.3. The molecule has 0 aromatic heterocycles. The number of carbonyl (C=O) groups excluding carboxylic acids is 2. The molecule has 1 saturated heterocycles. The predicted molar refractivity (Wildman–Crippen MR) is 118 cm³/mol. The monoisotopic (exact) mass is 462 g/mol. The van der Waals surface area contributed by atoms with Crippen LogP contribution in [0.3, 0.4) is 0 Å². The second-order valence-corrected chi connectivity index (χ2v) is 7.53. The second-order valence-electron chi connectivity index (χ2n) is 7.53. The highest BCUT2D eigenvalue weighted by Crippen LogP contribution is 2.29. The lowest BCUT2D eigenvalue weighted by Crippen LogP contribution is -2.50. The topological polar surface area (TPSA) is 68.3 Å².